The molecule has 9 heteroatoms. The number of carbonyl (C=O) groups excluding carboxylic acids is 1. The number of methoxy groups -OCH3 is 4. The normalized spacial score (nSPS) is 12.4. The van der Waals surface area contributed by atoms with Crippen LogP contribution in [0.4, 0.5) is 5.69 Å². The van der Waals surface area contributed by atoms with E-state index in [4.69, 9.17) is 36.1 Å². The molecular weight excluding hydrogens is 436 g/mol. The number of benzene rings is 2. The van der Waals surface area contributed by atoms with Crippen LogP contribution in [0.1, 0.15) is 31.4 Å². The maximum Gasteiger partial charge on any atom is 0.234 e. The van der Waals surface area contributed by atoms with E-state index in [1.807, 2.05) is 19.9 Å². The van der Waals surface area contributed by atoms with E-state index in [2.05, 4.69) is 6.07 Å². The molecule has 0 spiro atoms. The molecular formula is C25H34N4O5. The lowest BCUT2D eigenvalue weighted by molar-refractivity contribution is -0.120. The van der Waals surface area contributed by atoms with Crippen LogP contribution in [0.2, 0.25) is 0 Å². The average molecular weight is 471 g/mol. The summed E-state index contributed by atoms with van der Waals surface area (Å²) in [4.78, 5) is 10.4. The average Bonchev–Trinajstić information content (AvgIpc) is 2.85. The zero-order chi connectivity index (χ0) is 25.8. The van der Waals surface area contributed by atoms with Crippen molar-refractivity contribution in [1.29, 1.82) is 5.26 Å². The number of nitrogen functional groups attached to an aromatic ring is 1. The molecule has 0 saturated heterocycles. The number of hydrogen-bond donors (Lipinski definition) is 3. The molecule has 6 N–H and O–H groups in total. The summed E-state index contributed by atoms with van der Waals surface area (Å²) in [5, 5.41) is 9.58. The van der Waals surface area contributed by atoms with Gasteiger partial charge in [0, 0.05) is 0 Å². The maximum absolute atomic E-state index is 10.4. The highest BCUT2D eigenvalue weighted by Gasteiger charge is 2.16. The summed E-state index contributed by atoms with van der Waals surface area (Å²) in [5.41, 5.74) is 18.6. The van der Waals surface area contributed by atoms with E-state index in [9.17, 15) is 10.1 Å². The Hall–Kier alpha value is -3.90. The van der Waals surface area contributed by atoms with Gasteiger partial charge in [0.05, 0.1) is 51.8 Å². The van der Waals surface area contributed by atoms with E-state index in [0.29, 0.717) is 39.8 Å². The molecule has 0 unspecified atom stereocenters. The summed E-state index contributed by atoms with van der Waals surface area (Å²) in [7, 11) is 6.14. The number of allylic oxidation sites excluding steroid dienone is 1. The van der Waals surface area contributed by atoms with E-state index in [-0.39, 0.29) is 5.92 Å². The number of anilines is 1. The highest BCUT2D eigenvalue weighted by Crippen LogP contribution is 2.40. The third-order valence-electron chi connectivity index (χ3n) is 5.25. The van der Waals surface area contributed by atoms with Gasteiger partial charge in [-0.25, -0.2) is 0 Å². The maximum atomic E-state index is 10.4. The van der Waals surface area contributed by atoms with E-state index >= 15 is 0 Å². The molecule has 0 heterocycles. The third kappa shape index (κ3) is 7.32. The second kappa shape index (κ2) is 13.6. The summed E-state index contributed by atoms with van der Waals surface area (Å²) in [5.74, 6) is 1.80. The van der Waals surface area contributed by atoms with Crippen molar-refractivity contribution in [3.8, 4) is 29.1 Å². The van der Waals surface area contributed by atoms with Crippen LogP contribution >= 0.6 is 0 Å². The number of nitriles is 1. The van der Waals surface area contributed by atoms with E-state index in [1.54, 1.807) is 37.5 Å². The van der Waals surface area contributed by atoms with Crippen molar-refractivity contribution >= 4 is 23.2 Å². The molecule has 0 fully saturated rings. The fraction of sp³-hybridized carbons (Fsp3) is 0.360. The van der Waals surface area contributed by atoms with E-state index in [0.717, 1.165) is 12.0 Å². The zero-order valence-electron chi connectivity index (χ0n) is 20.5. The van der Waals surface area contributed by atoms with Crippen LogP contribution in [0, 0.1) is 17.2 Å². The van der Waals surface area contributed by atoms with Crippen LogP contribution < -0.4 is 36.1 Å². The second-order valence-electron chi connectivity index (χ2n) is 7.40. The Kier molecular flexibility index (Phi) is 11.3. The van der Waals surface area contributed by atoms with Crippen molar-refractivity contribution in [2.75, 3.05) is 34.2 Å². The monoisotopic (exact) mass is 470 g/mol. The lowest BCUT2D eigenvalue weighted by atomic mass is 10.00. The summed E-state index contributed by atoms with van der Waals surface area (Å²) in [6.45, 7) is 3.89. The fourth-order valence-electron chi connectivity index (χ4n) is 2.96. The van der Waals surface area contributed by atoms with Crippen LogP contribution in [0.25, 0.3) is 11.6 Å². The van der Waals surface area contributed by atoms with Crippen LogP contribution in [0.3, 0.4) is 0 Å². The highest BCUT2D eigenvalue weighted by atomic mass is 16.5. The number of hydrogen-bond acceptors (Lipinski definition) is 8. The van der Waals surface area contributed by atoms with E-state index in [1.165, 1.54) is 21.3 Å². The Bertz CT molecular complexity index is 1020. The van der Waals surface area contributed by atoms with Crippen molar-refractivity contribution in [1.82, 2.24) is 0 Å². The minimum atomic E-state index is -0.477. The standard InChI is InChI=1S/C19H20N2O4.C6H14N2O/c1-22-16-6-5-12(8-15(16)21)7-14(11-20)13-9-17(23-2)19(25-4)18(10-13)24-3;1-3-4(2)5(7)6(8)9/h5-10H,21H2,1-4H3;4-5H,3,7H2,1-2H3,(H2,8,9)/t;4-,5-/m.0/s1. The molecule has 0 aliphatic carbocycles. The Labute approximate surface area is 201 Å². The first kappa shape index (κ1) is 28.1. The highest BCUT2D eigenvalue weighted by molar-refractivity contribution is 5.91. The predicted octanol–water partition coefficient (Wildman–Crippen LogP) is 3.21. The molecule has 0 aromatic heterocycles. The van der Waals surface area contributed by atoms with Crippen molar-refractivity contribution in [3.63, 3.8) is 0 Å². The summed E-state index contributed by atoms with van der Waals surface area (Å²) >= 11 is 0. The minimum Gasteiger partial charge on any atom is -0.495 e. The molecule has 2 aromatic rings. The van der Waals surface area contributed by atoms with Crippen molar-refractivity contribution in [2.45, 2.75) is 26.3 Å². The molecule has 2 rings (SSSR count). The van der Waals surface area contributed by atoms with Crippen LogP contribution in [-0.4, -0.2) is 40.4 Å². The van der Waals surface area contributed by atoms with Gasteiger partial charge in [0.25, 0.3) is 0 Å². The zero-order valence-corrected chi connectivity index (χ0v) is 20.5. The molecule has 2 aromatic carbocycles. The van der Waals surface area contributed by atoms with Gasteiger partial charge in [0.1, 0.15) is 5.75 Å². The first-order valence-corrected chi connectivity index (χ1v) is 10.6. The molecule has 0 aliphatic rings. The van der Waals surface area contributed by atoms with Crippen LogP contribution in [0.5, 0.6) is 23.0 Å². The van der Waals surface area contributed by atoms with E-state index < -0.39 is 11.9 Å². The van der Waals surface area contributed by atoms with Gasteiger partial charge in [0.15, 0.2) is 11.5 Å². The summed E-state index contributed by atoms with van der Waals surface area (Å²) < 4.78 is 21.1. The molecule has 0 radical (unpaired) electrons. The number of primary amides is 1. The molecule has 184 valence electrons. The molecule has 2 atom stereocenters. The van der Waals surface area contributed by atoms with Crippen LogP contribution in [-0.2, 0) is 4.79 Å². The van der Waals surface area contributed by atoms with Crippen molar-refractivity contribution in [3.05, 3.63) is 41.5 Å². The smallest absolute Gasteiger partial charge is 0.234 e. The quantitative estimate of drug-likeness (QED) is 0.286. The van der Waals surface area contributed by atoms with Gasteiger partial charge in [-0.2, -0.15) is 5.26 Å². The Morgan fingerprint density at radius 1 is 1.03 bits per heavy atom. The first-order chi connectivity index (χ1) is 16.2. The van der Waals surface area contributed by atoms with Gasteiger partial charge in [-0.1, -0.05) is 26.3 Å². The molecule has 9 nitrogen and oxygen atoms in total. The summed E-state index contributed by atoms with van der Waals surface area (Å²) in [6.07, 6.45) is 2.63. The molecule has 0 saturated carbocycles. The molecule has 34 heavy (non-hydrogen) atoms. The topological polar surface area (TPSA) is 156 Å². The van der Waals surface area contributed by atoms with Crippen molar-refractivity contribution in [2.24, 2.45) is 17.4 Å². The van der Waals surface area contributed by atoms with Crippen LogP contribution in [0.15, 0.2) is 30.3 Å². The van der Waals surface area contributed by atoms with Gasteiger partial charge in [-0.15, -0.1) is 0 Å². The minimum absolute atomic E-state index is 0.197. The Morgan fingerprint density at radius 2 is 1.59 bits per heavy atom. The molecule has 0 aliphatic heterocycles. The number of carbonyl (C=O) groups is 1. The first-order valence-electron chi connectivity index (χ1n) is 10.6. The second-order valence-corrected chi connectivity index (χ2v) is 7.40. The SMILES string of the molecule is CC[C@H](C)[C@H](N)C(N)=O.COc1ccc(C=C(C#N)c2cc(OC)c(OC)c(OC)c2)cc1N. The number of rotatable bonds is 9. The third-order valence-corrected chi connectivity index (χ3v) is 5.25. The van der Waals surface area contributed by atoms with Gasteiger partial charge in [-0.05, 0) is 47.4 Å². The fourth-order valence-corrected chi connectivity index (χ4v) is 2.96. The lowest BCUT2D eigenvalue weighted by Crippen LogP contribution is -2.41. The van der Waals surface area contributed by atoms with Crippen molar-refractivity contribution < 1.29 is 23.7 Å². The van der Waals surface area contributed by atoms with Gasteiger partial charge in [-0.3, -0.25) is 4.79 Å². The molecule has 0 bridgehead atoms. The Morgan fingerprint density at radius 3 is 1.94 bits per heavy atom. The van der Waals surface area contributed by atoms with Gasteiger partial charge in [0.2, 0.25) is 11.7 Å². The number of ether oxygens (including phenoxy) is 4. The lowest BCUT2D eigenvalue weighted by Gasteiger charge is -2.14. The number of nitrogens with zero attached hydrogens (tertiary/aromatic N) is 1. The predicted molar refractivity (Wildman–Crippen MR) is 134 cm³/mol. The number of amides is 1. The largest absolute Gasteiger partial charge is 0.495 e. The number of nitrogens with two attached hydrogens (primary N) is 3. The Balaban J connectivity index is 0.000000546. The molecule has 1 amide bonds. The summed E-state index contributed by atoms with van der Waals surface area (Å²) in [6, 6.07) is 10.5. The van der Waals surface area contributed by atoms with Gasteiger partial charge < -0.3 is 36.1 Å². The van der Waals surface area contributed by atoms with Gasteiger partial charge >= 0.3 is 0 Å².